The van der Waals surface area contributed by atoms with E-state index in [1.165, 1.54) is 0 Å². The summed E-state index contributed by atoms with van der Waals surface area (Å²) in [5.41, 5.74) is 6.24. The van der Waals surface area contributed by atoms with Crippen molar-refractivity contribution in [3.05, 3.63) is 35.9 Å². The van der Waals surface area contributed by atoms with Crippen molar-refractivity contribution in [3.63, 3.8) is 0 Å². The van der Waals surface area contributed by atoms with E-state index < -0.39 is 23.0 Å². The Morgan fingerprint density at radius 3 is 2.39 bits per heavy atom. The van der Waals surface area contributed by atoms with Gasteiger partial charge in [0.15, 0.2) is 0 Å². The second-order valence-electron chi connectivity index (χ2n) is 10.4. The van der Waals surface area contributed by atoms with Gasteiger partial charge in [0.25, 0.3) is 0 Å². The third kappa shape index (κ3) is 8.61. The molecule has 1 heterocycles. The van der Waals surface area contributed by atoms with Gasteiger partial charge >= 0.3 is 12.1 Å². The van der Waals surface area contributed by atoms with Crippen molar-refractivity contribution in [1.82, 2.24) is 9.80 Å². The summed E-state index contributed by atoms with van der Waals surface area (Å²) in [7, 11) is 1.63. The largest absolute Gasteiger partial charge is 0.460 e. The van der Waals surface area contributed by atoms with Gasteiger partial charge in [-0.3, -0.25) is 9.69 Å². The average Bonchev–Trinajstić information content (AvgIpc) is 2.75. The van der Waals surface area contributed by atoms with Gasteiger partial charge in [0.05, 0.1) is 12.6 Å². The zero-order valence-corrected chi connectivity index (χ0v) is 21.0. The van der Waals surface area contributed by atoms with E-state index in [1.54, 1.807) is 12.0 Å². The smallest absolute Gasteiger partial charge is 0.410 e. The Morgan fingerprint density at radius 2 is 1.79 bits per heavy atom. The molecule has 0 bridgehead atoms. The molecule has 0 aliphatic carbocycles. The van der Waals surface area contributed by atoms with Crippen molar-refractivity contribution in [2.24, 2.45) is 11.1 Å². The molecular formula is C25H41N3O5. The molecule has 2 atom stereocenters. The number of hydrogen-bond donors (Lipinski definition) is 1. The predicted molar refractivity (Wildman–Crippen MR) is 128 cm³/mol. The van der Waals surface area contributed by atoms with Crippen molar-refractivity contribution in [3.8, 4) is 0 Å². The van der Waals surface area contributed by atoms with Crippen LogP contribution in [0.4, 0.5) is 4.79 Å². The molecule has 33 heavy (non-hydrogen) atoms. The predicted octanol–water partition coefficient (Wildman–Crippen LogP) is 3.04. The lowest BCUT2D eigenvalue weighted by molar-refractivity contribution is -0.149. The van der Waals surface area contributed by atoms with E-state index >= 15 is 0 Å². The highest BCUT2D eigenvalue weighted by Gasteiger charge is 2.36. The highest BCUT2D eigenvalue weighted by molar-refractivity contribution is 5.76. The van der Waals surface area contributed by atoms with Crippen molar-refractivity contribution in [2.45, 2.75) is 65.3 Å². The van der Waals surface area contributed by atoms with Crippen molar-refractivity contribution >= 4 is 12.1 Å². The number of ether oxygens (including phenoxy) is 3. The first-order valence-electron chi connectivity index (χ1n) is 11.6. The van der Waals surface area contributed by atoms with E-state index in [4.69, 9.17) is 19.9 Å². The van der Waals surface area contributed by atoms with E-state index in [0.29, 0.717) is 19.7 Å². The van der Waals surface area contributed by atoms with Crippen LogP contribution in [-0.4, -0.2) is 79.4 Å². The van der Waals surface area contributed by atoms with Crippen LogP contribution in [0.3, 0.4) is 0 Å². The number of rotatable bonds is 9. The second-order valence-corrected chi connectivity index (χ2v) is 10.4. The topological polar surface area (TPSA) is 94.3 Å². The number of nitrogens with zero attached hydrogens (tertiary/aromatic N) is 2. The Labute approximate surface area is 198 Å². The molecule has 1 saturated heterocycles. The fraction of sp³-hybridized carbons (Fsp3) is 0.680. The molecule has 1 fully saturated rings. The lowest BCUT2D eigenvalue weighted by atomic mass is 9.81. The fourth-order valence-corrected chi connectivity index (χ4v) is 3.76. The van der Waals surface area contributed by atoms with Crippen LogP contribution < -0.4 is 5.73 Å². The summed E-state index contributed by atoms with van der Waals surface area (Å²) in [6, 6.07) is 8.75. The Bertz CT molecular complexity index is 763. The average molecular weight is 464 g/mol. The van der Waals surface area contributed by atoms with Gasteiger partial charge in [-0.15, -0.1) is 0 Å². The van der Waals surface area contributed by atoms with Crippen LogP contribution in [0.15, 0.2) is 30.3 Å². The highest BCUT2D eigenvalue weighted by Crippen LogP contribution is 2.26. The van der Waals surface area contributed by atoms with E-state index in [0.717, 1.165) is 25.1 Å². The number of piperazine rings is 1. The molecule has 1 amide bonds. The van der Waals surface area contributed by atoms with E-state index in [1.807, 2.05) is 65.0 Å². The first kappa shape index (κ1) is 27.1. The molecule has 2 N–H and O–H groups in total. The van der Waals surface area contributed by atoms with Gasteiger partial charge < -0.3 is 24.8 Å². The highest BCUT2D eigenvalue weighted by atomic mass is 16.6. The lowest BCUT2D eigenvalue weighted by Crippen LogP contribution is -2.58. The third-order valence-electron chi connectivity index (χ3n) is 5.95. The van der Waals surface area contributed by atoms with Crippen LogP contribution in [0.5, 0.6) is 0 Å². The number of carbonyl (C=O) groups excluding carboxylic acids is 2. The van der Waals surface area contributed by atoms with Crippen LogP contribution in [0.2, 0.25) is 0 Å². The summed E-state index contributed by atoms with van der Waals surface area (Å²) in [6.07, 6.45) is 0.411. The molecule has 1 aliphatic rings. The maximum absolute atomic E-state index is 12.6. The van der Waals surface area contributed by atoms with E-state index in [-0.39, 0.29) is 18.7 Å². The van der Waals surface area contributed by atoms with Gasteiger partial charge in [-0.25, -0.2) is 4.79 Å². The molecule has 0 radical (unpaired) electrons. The first-order chi connectivity index (χ1) is 15.4. The summed E-state index contributed by atoms with van der Waals surface area (Å²) in [5, 5.41) is 0. The Balaban J connectivity index is 1.88. The Morgan fingerprint density at radius 1 is 1.12 bits per heavy atom. The van der Waals surface area contributed by atoms with Crippen molar-refractivity contribution in [1.29, 1.82) is 0 Å². The lowest BCUT2D eigenvalue weighted by Gasteiger charge is -2.42. The molecule has 0 saturated carbocycles. The Kier molecular flexibility index (Phi) is 9.70. The van der Waals surface area contributed by atoms with Gasteiger partial charge in [0.1, 0.15) is 18.2 Å². The summed E-state index contributed by atoms with van der Waals surface area (Å²) in [6.45, 7) is 13.0. The molecule has 1 aromatic rings. The third-order valence-corrected chi connectivity index (χ3v) is 5.95. The molecule has 0 unspecified atom stereocenters. The minimum atomic E-state index is -0.723. The zero-order chi connectivity index (χ0) is 24.6. The van der Waals surface area contributed by atoms with Gasteiger partial charge in [0, 0.05) is 26.7 Å². The normalized spacial score (nSPS) is 18.6. The minimum absolute atomic E-state index is 0.0915. The molecule has 1 aromatic carbocycles. The molecule has 0 aromatic heterocycles. The number of amides is 1. The van der Waals surface area contributed by atoms with Gasteiger partial charge in [-0.05, 0) is 44.7 Å². The van der Waals surface area contributed by atoms with Gasteiger partial charge in [-0.1, -0.05) is 44.2 Å². The molecule has 0 spiro atoms. The molecule has 8 heteroatoms. The molecule has 1 aliphatic heterocycles. The number of benzene rings is 1. The number of carbonyl (C=O) groups is 2. The quantitative estimate of drug-likeness (QED) is 0.563. The Hall–Kier alpha value is -2.16. The number of esters is 1. The summed E-state index contributed by atoms with van der Waals surface area (Å²) in [5.74, 6) is -0.393. The molecule has 8 nitrogen and oxygen atoms in total. The summed E-state index contributed by atoms with van der Waals surface area (Å²) >= 11 is 0. The van der Waals surface area contributed by atoms with Crippen LogP contribution in [0.25, 0.3) is 0 Å². The van der Waals surface area contributed by atoms with Gasteiger partial charge in [-0.2, -0.15) is 0 Å². The monoisotopic (exact) mass is 463 g/mol. The van der Waals surface area contributed by atoms with Crippen LogP contribution in [0.1, 0.15) is 46.6 Å². The molecule has 2 rings (SSSR count). The standard InChI is InChI=1S/C25H41N3O5/c1-24(2,3)33-23(30)28-15-14-27(16-20(28)18-31-6)13-12-25(4,5)21(26)22(29)32-17-19-10-8-7-9-11-19/h7-11,20-21H,12-18,26H2,1-6H3/t20-,21+/m1/s1. The summed E-state index contributed by atoms with van der Waals surface area (Å²) in [4.78, 5) is 29.2. The van der Waals surface area contributed by atoms with E-state index in [2.05, 4.69) is 4.90 Å². The number of nitrogens with two attached hydrogens (primary N) is 1. The van der Waals surface area contributed by atoms with Crippen molar-refractivity contribution in [2.75, 3.05) is 39.9 Å². The zero-order valence-electron chi connectivity index (χ0n) is 21.0. The van der Waals surface area contributed by atoms with Gasteiger partial charge in [0.2, 0.25) is 0 Å². The maximum Gasteiger partial charge on any atom is 0.410 e. The number of hydrogen-bond acceptors (Lipinski definition) is 7. The second kappa shape index (κ2) is 11.8. The van der Waals surface area contributed by atoms with Crippen LogP contribution in [0, 0.1) is 5.41 Å². The maximum atomic E-state index is 12.6. The molecule has 186 valence electrons. The number of methoxy groups -OCH3 is 1. The minimum Gasteiger partial charge on any atom is -0.460 e. The van der Waals surface area contributed by atoms with Crippen molar-refractivity contribution < 1.29 is 23.8 Å². The summed E-state index contributed by atoms with van der Waals surface area (Å²) < 4.78 is 16.4. The molecular weight excluding hydrogens is 422 g/mol. The van der Waals surface area contributed by atoms with Crippen LogP contribution >= 0.6 is 0 Å². The van der Waals surface area contributed by atoms with Crippen LogP contribution in [-0.2, 0) is 25.6 Å². The van der Waals surface area contributed by atoms with E-state index in [9.17, 15) is 9.59 Å². The first-order valence-corrected chi connectivity index (χ1v) is 11.6. The fourth-order valence-electron chi connectivity index (χ4n) is 3.76. The SMILES string of the molecule is COC[C@H]1CN(CCC(C)(C)[C@@H](N)C(=O)OCc2ccccc2)CCN1C(=O)OC(C)(C)C.